The largest absolute Gasteiger partial charge is 0.485 e. The van der Waals surface area contributed by atoms with E-state index in [4.69, 9.17) is 18.6 Å². The summed E-state index contributed by atoms with van der Waals surface area (Å²) >= 11 is 0. The van der Waals surface area contributed by atoms with E-state index < -0.39 is 46.8 Å². The Bertz CT molecular complexity index is 1440. The molecule has 1 aromatic heterocycles. The van der Waals surface area contributed by atoms with Gasteiger partial charge in [-0.2, -0.15) is 0 Å². The number of aryl methyl sites for hydroxylation is 1. The number of hydrogen-bond acceptors (Lipinski definition) is 9. The first kappa shape index (κ1) is 29.7. The number of carbonyl (C=O) groups excluding carboxylic acids is 1. The lowest BCUT2D eigenvalue weighted by atomic mass is 9.82. The average Bonchev–Trinajstić information content (AvgIpc) is 2.89. The molecule has 0 aliphatic carbocycles. The highest BCUT2D eigenvalue weighted by atomic mass is 16.6. The van der Waals surface area contributed by atoms with Crippen molar-refractivity contribution in [3.05, 3.63) is 70.1 Å². The van der Waals surface area contributed by atoms with Gasteiger partial charge in [0.1, 0.15) is 47.0 Å². The summed E-state index contributed by atoms with van der Waals surface area (Å²) in [4.78, 5) is 26.1. The lowest BCUT2D eigenvalue weighted by molar-refractivity contribution is -0.289. The van der Waals surface area contributed by atoms with E-state index in [0.29, 0.717) is 27.8 Å². The topological polar surface area (TPSA) is 127 Å². The maximum atomic E-state index is 13.1. The second-order valence-corrected chi connectivity index (χ2v) is 12.0. The van der Waals surface area contributed by atoms with Crippen LogP contribution in [0.1, 0.15) is 57.5 Å². The van der Waals surface area contributed by atoms with Gasteiger partial charge in [-0.25, -0.2) is 4.79 Å². The molecule has 0 spiro atoms. The van der Waals surface area contributed by atoms with Crippen molar-refractivity contribution in [2.75, 3.05) is 12.4 Å². The third-order valence-electron chi connectivity index (χ3n) is 7.55. The molecule has 0 bridgehead atoms. The van der Waals surface area contributed by atoms with Crippen LogP contribution in [-0.4, -0.2) is 64.3 Å². The van der Waals surface area contributed by atoms with Gasteiger partial charge in [-0.3, -0.25) is 4.79 Å². The molecule has 9 heteroatoms. The standard InChI is InChI=1S/C31H39NO8/c1-17-21(39-31(6,7)27-23(34)22(33)26(37-8)30(4,5)40-27)15-14-19-16-20(28(36)38-24(17)19)32-29(2,3)25(35)18-12-10-9-11-13-18/h9-16,22-23,26-27,32-34H,1-8H3/t22-,23?,26-,27-/m1/s1. The minimum atomic E-state index is -1.26. The molecule has 9 nitrogen and oxygen atoms in total. The lowest BCUT2D eigenvalue weighted by Crippen LogP contribution is -2.68. The molecule has 216 valence electrons. The Morgan fingerprint density at radius 3 is 2.30 bits per heavy atom. The van der Waals surface area contributed by atoms with Crippen LogP contribution in [0.4, 0.5) is 5.69 Å². The predicted molar refractivity (Wildman–Crippen MR) is 152 cm³/mol. The number of benzene rings is 2. The fourth-order valence-electron chi connectivity index (χ4n) is 5.40. The number of methoxy groups -OCH3 is 1. The van der Waals surface area contributed by atoms with E-state index >= 15 is 0 Å². The molecule has 1 aliphatic heterocycles. The molecule has 0 amide bonds. The van der Waals surface area contributed by atoms with Crippen LogP contribution >= 0.6 is 0 Å². The van der Waals surface area contributed by atoms with Gasteiger partial charge in [0.25, 0.3) is 0 Å². The van der Waals surface area contributed by atoms with E-state index in [1.54, 1.807) is 90.9 Å². The van der Waals surface area contributed by atoms with Gasteiger partial charge in [0.15, 0.2) is 5.78 Å². The number of anilines is 1. The van der Waals surface area contributed by atoms with Gasteiger partial charge in [0.05, 0.1) is 11.1 Å². The molecule has 1 saturated heterocycles. The van der Waals surface area contributed by atoms with Gasteiger partial charge < -0.3 is 34.2 Å². The van der Waals surface area contributed by atoms with Crippen LogP contribution in [0.15, 0.2) is 57.7 Å². The summed E-state index contributed by atoms with van der Waals surface area (Å²) in [6, 6.07) is 14.0. The van der Waals surface area contributed by atoms with Crippen LogP contribution < -0.4 is 15.7 Å². The molecule has 1 aliphatic rings. The van der Waals surface area contributed by atoms with E-state index in [-0.39, 0.29) is 11.5 Å². The van der Waals surface area contributed by atoms with Gasteiger partial charge in [0, 0.05) is 23.6 Å². The Kier molecular flexibility index (Phi) is 7.90. The molecule has 40 heavy (non-hydrogen) atoms. The summed E-state index contributed by atoms with van der Waals surface area (Å²) in [6.45, 7) is 12.3. The highest BCUT2D eigenvalue weighted by molar-refractivity contribution is 6.04. The zero-order valence-corrected chi connectivity index (χ0v) is 24.3. The molecule has 4 rings (SSSR count). The zero-order chi connectivity index (χ0) is 29.6. The molecule has 2 heterocycles. The summed E-state index contributed by atoms with van der Waals surface area (Å²) in [5.41, 5.74) is -2.05. The first-order valence-electron chi connectivity index (χ1n) is 13.3. The highest BCUT2D eigenvalue weighted by Gasteiger charge is 2.54. The molecule has 0 saturated carbocycles. The van der Waals surface area contributed by atoms with Gasteiger partial charge in [-0.1, -0.05) is 30.3 Å². The second kappa shape index (κ2) is 10.6. The van der Waals surface area contributed by atoms with Gasteiger partial charge in [0.2, 0.25) is 0 Å². The summed E-state index contributed by atoms with van der Waals surface area (Å²) in [6.07, 6.45) is -4.05. The van der Waals surface area contributed by atoms with E-state index in [2.05, 4.69) is 5.32 Å². The lowest BCUT2D eigenvalue weighted by Gasteiger charge is -2.51. The molecular formula is C31H39NO8. The molecule has 1 fully saturated rings. The summed E-state index contributed by atoms with van der Waals surface area (Å²) in [5.74, 6) is 0.268. The average molecular weight is 554 g/mol. The minimum Gasteiger partial charge on any atom is -0.485 e. The van der Waals surface area contributed by atoms with Crippen molar-refractivity contribution in [2.24, 2.45) is 0 Å². The summed E-state index contributed by atoms with van der Waals surface area (Å²) in [5, 5.41) is 25.3. The molecule has 3 aromatic rings. The van der Waals surface area contributed by atoms with Crippen LogP contribution in [0, 0.1) is 6.92 Å². The number of aliphatic hydroxyl groups excluding tert-OH is 2. The number of carbonyl (C=O) groups is 1. The normalized spacial score (nSPS) is 23.1. The Balaban J connectivity index is 1.61. The molecule has 4 atom stereocenters. The van der Waals surface area contributed by atoms with E-state index in [9.17, 15) is 19.8 Å². The Hall–Kier alpha value is -3.24. The van der Waals surface area contributed by atoms with Crippen molar-refractivity contribution in [2.45, 2.75) is 89.6 Å². The van der Waals surface area contributed by atoms with Crippen molar-refractivity contribution >= 4 is 22.4 Å². The summed E-state index contributed by atoms with van der Waals surface area (Å²) < 4.78 is 23.6. The van der Waals surface area contributed by atoms with E-state index in [1.165, 1.54) is 7.11 Å². The number of fused-ring (bicyclic) bond motifs is 1. The Morgan fingerprint density at radius 1 is 1.02 bits per heavy atom. The number of ketones is 1. The van der Waals surface area contributed by atoms with Crippen LogP contribution in [0.2, 0.25) is 0 Å². The zero-order valence-electron chi connectivity index (χ0n) is 24.3. The van der Waals surface area contributed by atoms with Crippen molar-refractivity contribution in [1.29, 1.82) is 0 Å². The van der Waals surface area contributed by atoms with Crippen LogP contribution in [0.5, 0.6) is 5.75 Å². The van der Waals surface area contributed by atoms with Crippen LogP contribution in [0.25, 0.3) is 11.0 Å². The van der Waals surface area contributed by atoms with E-state index in [0.717, 1.165) is 0 Å². The number of hydrogen-bond donors (Lipinski definition) is 3. The minimum absolute atomic E-state index is 0.160. The molecular weight excluding hydrogens is 514 g/mol. The van der Waals surface area contributed by atoms with Gasteiger partial charge >= 0.3 is 5.63 Å². The SMILES string of the molecule is CO[C@@H]1[C@H](O)C(O)[C@H](C(C)(C)Oc2ccc3cc(NC(C)(C)C(=O)c4ccccc4)c(=O)oc3c2C)OC1(C)C. The maximum Gasteiger partial charge on any atom is 0.359 e. The smallest absolute Gasteiger partial charge is 0.359 e. The monoisotopic (exact) mass is 553 g/mol. The number of ether oxygens (including phenoxy) is 3. The van der Waals surface area contributed by atoms with Gasteiger partial charge in [-0.15, -0.1) is 0 Å². The number of aliphatic hydroxyl groups is 2. The fraction of sp³-hybridized carbons (Fsp3) is 0.484. The van der Waals surface area contributed by atoms with Crippen LogP contribution in [0.3, 0.4) is 0 Å². The second-order valence-electron chi connectivity index (χ2n) is 12.0. The quantitative estimate of drug-likeness (QED) is 0.277. The molecule has 3 N–H and O–H groups in total. The first-order chi connectivity index (χ1) is 18.6. The third-order valence-corrected chi connectivity index (χ3v) is 7.55. The van der Waals surface area contributed by atoms with Crippen molar-refractivity contribution in [1.82, 2.24) is 0 Å². The van der Waals surface area contributed by atoms with E-state index in [1.807, 2.05) is 6.07 Å². The molecule has 1 unspecified atom stereocenters. The third kappa shape index (κ3) is 5.51. The summed E-state index contributed by atoms with van der Waals surface area (Å²) in [7, 11) is 1.46. The van der Waals surface area contributed by atoms with Gasteiger partial charge in [-0.05, 0) is 66.7 Å². The maximum absolute atomic E-state index is 13.1. The Labute approximate surface area is 234 Å². The highest BCUT2D eigenvalue weighted by Crippen LogP contribution is 2.39. The predicted octanol–water partition coefficient (Wildman–Crippen LogP) is 4.25. The fourth-order valence-corrected chi connectivity index (χ4v) is 5.40. The van der Waals surface area contributed by atoms with Crippen LogP contribution in [-0.2, 0) is 9.47 Å². The van der Waals surface area contributed by atoms with Crippen molar-refractivity contribution in [3.8, 4) is 5.75 Å². The number of rotatable bonds is 8. The number of Topliss-reactive ketones (excluding diaryl/α,β-unsaturated/α-hetero) is 1. The Morgan fingerprint density at radius 2 is 1.68 bits per heavy atom. The molecule has 2 aromatic carbocycles. The number of nitrogens with one attached hydrogen (secondary N) is 1. The van der Waals surface area contributed by atoms with Crippen molar-refractivity contribution < 1.29 is 33.6 Å². The first-order valence-corrected chi connectivity index (χ1v) is 13.3. The van der Waals surface area contributed by atoms with Crippen molar-refractivity contribution in [3.63, 3.8) is 0 Å². The molecule has 0 radical (unpaired) electrons.